The molecule has 3 fully saturated rings. The number of fused-ring (bicyclic) bond motifs is 1. The molecule has 3 aliphatic rings. The highest BCUT2D eigenvalue weighted by Gasteiger charge is 2.76. The number of alkyl halides is 1. The number of halogens is 1. The maximum atomic E-state index is 14.0. The molecule has 2 aromatic rings. The zero-order chi connectivity index (χ0) is 25.8. The van der Waals surface area contributed by atoms with E-state index in [-0.39, 0.29) is 34.4 Å². The molecular weight excluding hydrogens is 542 g/mol. The van der Waals surface area contributed by atoms with Crippen LogP contribution in [0.4, 0.5) is 11.4 Å². The first-order valence-electron chi connectivity index (χ1n) is 12.2. The van der Waals surface area contributed by atoms with Gasteiger partial charge in [-0.25, -0.2) is 0 Å². The Balaban J connectivity index is 1.53. The lowest BCUT2D eigenvalue weighted by molar-refractivity contribution is -0.140. The number of anilines is 2. The minimum absolute atomic E-state index is 0.0158. The fourth-order valence-corrected chi connectivity index (χ4v) is 9.78. The van der Waals surface area contributed by atoms with Crippen molar-refractivity contribution < 1.29 is 19.5 Å². The lowest BCUT2D eigenvalue weighted by Gasteiger charge is -2.36. The maximum Gasteiger partial charge on any atom is 0.248 e. The summed E-state index contributed by atoms with van der Waals surface area (Å²) in [5, 5.41) is 16.0. The van der Waals surface area contributed by atoms with Crippen molar-refractivity contribution in [3.8, 4) is 0 Å². The van der Waals surface area contributed by atoms with Crippen molar-refractivity contribution in [2.24, 2.45) is 11.8 Å². The summed E-state index contributed by atoms with van der Waals surface area (Å²) in [5.41, 5.74) is 3.28. The smallest absolute Gasteiger partial charge is 0.248 e. The van der Waals surface area contributed by atoms with E-state index in [4.69, 9.17) is 0 Å². The predicted octanol–water partition coefficient (Wildman–Crippen LogP) is 3.73. The number of nitrogens with zero attached hydrogens (tertiary/aromatic N) is 1. The lowest BCUT2D eigenvalue weighted by Crippen LogP contribution is -2.54. The Kier molecular flexibility index (Phi) is 6.68. The Morgan fingerprint density at radius 1 is 1.11 bits per heavy atom. The van der Waals surface area contributed by atoms with E-state index in [1.54, 1.807) is 18.7 Å². The molecule has 3 unspecified atom stereocenters. The first-order valence-corrected chi connectivity index (χ1v) is 14.0. The molecule has 1 spiro atoms. The average Bonchev–Trinajstić information content (AvgIpc) is 3.45. The third-order valence-corrected chi connectivity index (χ3v) is 11.0. The van der Waals surface area contributed by atoms with Crippen LogP contribution in [0.25, 0.3) is 0 Å². The van der Waals surface area contributed by atoms with Gasteiger partial charge in [0.05, 0.1) is 29.2 Å². The van der Waals surface area contributed by atoms with E-state index in [0.29, 0.717) is 12.1 Å². The number of para-hydroxylation sites is 2. The number of aliphatic hydroxyl groups excluding tert-OH is 1. The molecular formula is C27H30BrN3O4S. The van der Waals surface area contributed by atoms with Crippen LogP contribution in [0.2, 0.25) is 0 Å². The Morgan fingerprint density at radius 3 is 2.42 bits per heavy atom. The number of thioether (sulfide) groups is 1. The molecule has 9 heteroatoms. The van der Waals surface area contributed by atoms with Crippen molar-refractivity contribution >= 4 is 56.8 Å². The third-order valence-electron chi connectivity index (χ3n) is 7.79. The molecule has 2 bridgehead atoms. The van der Waals surface area contributed by atoms with Crippen LogP contribution in [0.15, 0.2) is 48.5 Å². The van der Waals surface area contributed by atoms with E-state index in [1.165, 1.54) is 4.90 Å². The second kappa shape index (κ2) is 9.50. The molecule has 0 saturated carbocycles. The minimum atomic E-state index is -0.805. The SMILES string of the molecule is Cc1cccc(C)c1NC(=O)C1N([C@H](C)CO)C(=O)[C@@H]2[C@H](C(=O)Nc3ccccc3)[C@H]3SC12CC3Br. The molecule has 0 aliphatic carbocycles. The standard InChI is InChI=1S/C27H30BrN3O4S/c1-14-8-7-9-15(2)21(14)30-25(34)23-27-12-18(28)22(36-27)19(20(27)26(35)31(23)16(3)13-32)24(33)29-17-10-5-4-6-11-17/h4-11,16,18-20,22-23,32H,12-13H2,1-3H3,(H,29,33)(H,30,34)/t16-,18?,19+,20+,22+,23?,27?/m1/s1. The summed E-state index contributed by atoms with van der Waals surface area (Å²) >= 11 is 5.35. The van der Waals surface area contributed by atoms with Gasteiger partial charge in [-0.15, -0.1) is 11.8 Å². The molecule has 3 aliphatic heterocycles. The number of hydrogen-bond acceptors (Lipinski definition) is 5. The summed E-state index contributed by atoms with van der Waals surface area (Å²) in [6, 6.07) is 13.7. The minimum Gasteiger partial charge on any atom is -0.394 e. The van der Waals surface area contributed by atoms with Crippen LogP contribution in [-0.4, -0.2) is 61.2 Å². The Morgan fingerprint density at radius 2 is 1.78 bits per heavy atom. The van der Waals surface area contributed by atoms with Crippen LogP contribution < -0.4 is 10.6 Å². The fraction of sp³-hybridized carbons (Fsp3) is 0.444. The summed E-state index contributed by atoms with van der Waals surface area (Å²) in [5.74, 6) is -1.96. The van der Waals surface area contributed by atoms with E-state index < -0.39 is 28.7 Å². The predicted molar refractivity (Wildman–Crippen MR) is 145 cm³/mol. The molecule has 2 aromatic carbocycles. The van der Waals surface area contributed by atoms with Gasteiger partial charge in [0.1, 0.15) is 6.04 Å². The molecule has 3 heterocycles. The van der Waals surface area contributed by atoms with E-state index >= 15 is 0 Å². The average molecular weight is 573 g/mol. The van der Waals surface area contributed by atoms with Gasteiger partial charge in [0.15, 0.2) is 0 Å². The number of benzene rings is 2. The molecule has 0 radical (unpaired) electrons. The van der Waals surface area contributed by atoms with Gasteiger partial charge in [-0.1, -0.05) is 52.3 Å². The molecule has 3 amide bonds. The van der Waals surface area contributed by atoms with E-state index in [9.17, 15) is 19.5 Å². The maximum absolute atomic E-state index is 14.0. The lowest BCUT2D eigenvalue weighted by atomic mass is 9.70. The fourth-order valence-electron chi connectivity index (χ4n) is 6.18. The van der Waals surface area contributed by atoms with Crippen molar-refractivity contribution in [1.82, 2.24) is 4.90 Å². The molecule has 3 saturated heterocycles. The van der Waals surface area contributed by atoms with Gasteiger partial charge >= 0.3 is 0 Å². The molecule has 36 heavy (non-hydrogen) atoms. The highest BCUT2D eigenvalue weighted by molar-refractivity contribution is 9.09. The zero-order valence-corrected chi connectivity index (χ0v) is 22.8. The number of nitrogens with one attached hydrogen (secondary N) is 2. The number of carbonyl (C=O) groups is 3. The largest absolute Gasteiger partial charge is 0.394 e. The van der Waals surface area contributed by atoms with Crippen molar-refractivity contribution in [3.63, 3.8) is 0 Å². The van der Waals surface area contributed by atoms with Crippen molar-refractivity contribution in [3.05, 3.63) is 59.7 Å². The van der Waals surface area contributed by atoms with Crippen LogP contribution in [0.3, 0.4) is 0 Å². The number of likely N-dealkylation sites (tertiary alicyclic amines) is 1. The van der Waals surface area contributed by atoms with Crippen molar-refractivity contribution in [1.29, 1.82) is 0 Å². The molecule has 190 valence electrons. The number of hydrogen-bond donors (Lipinski definition) is 3. The Bertz CT molecular complexity index is 1190. The quantitative estimate of drug-likeness (QED) is 0.459. The normalized spacial score (nSPS) is 31.3. The van der Waals surface area contributed by atoms with Crippen molar-refractivity contribution in [2.45, 2.75) is 54.1 Å². The van der Waals surface area contributed by atoms with Crippen LogP contribution >= 0.6 is 27.7 Å². The van der Waals surface area contributed by atoms with Crippen LogP contribution in [0.1, 0.15) is 24.5 Å². The second-order valence-electron chi connectivity index (χ2n) is 10.1. The summed E-state index contributed by atoms with van der Waals surface area (Å²) in [4.78, 5) is 43.0. The first kappa shape index (κ1) is 25.3. The molecule has 7 atom stereocenters. The van der Waals surface area contributed by atoms with Gasteiger partial charge in [0, 0.05) is 21.5 Å². The topological polar surface area (TPSA) is 98.7 Å². The number of carbonyl (C=O) groups excluding carboxylic acids is 3. The number of aryl methyl sites for hydroxylation is 2. The Hall–Kier alpha value is -2.36. The Labute approximate surface area is 223 Å². The van der Waals surface area contributed by atoms with Crippen molar-refractivity contribution in [2.75, 3.05) is 17.2 Å². The summed E-state index contributed by atoms with van der Waals surface area (Å²) in [7, 11) is 0. The van der Waals surface area contributed by atoms with Crippen LogP contribution in [0, 0.1) is 25.7 Å². The molecule has 5 rings (SSSR count). The van der Waals surface area contributed by atoms with E-state index in [0.717, 1.165) is 16.8 Å². The highest BCUT2D eigenvalue weighted by atomic mass is 79.9. The van der Waals surface area contributed by atoms with Gasteiger partial charge in [0.25, 0.3) is 0 Å². The van der Waals surface area contributed by atoms with Crippen LogP contribution in [-0.2, 0) is 14.4 Å². The molecule has 0 aromatic heterocycles. The number of rotatable bonds is 6. The van der Waals surface area contributed by atoms with Gasteiger partial charge in [-0.05, 0) is 50.5 Å². The first-order chi connectivity index (χ1) is 17.2. The molecule has 3 N–H and O–H groups in total. The summed E-state index contributed by atoms with van der Waals surface area (Å²) < 4.78 is -0.765. The number of aliphatic hydroxyl groups is 1. The van der Waals surface area contributed by atoms with Gasteiger partial charge in [0.2, 0.25) is 17.7 Å². The monoisotopic (exact) mass is 571 g/mol. The van der Waals surface area contributed by atoms with Gasteiger partial charge in [-0.2, -0.15) is 0 Å². The van der Waals surface area contributed by atoms with E-state index in [1.807, 2.05) is 62.4 Å². The summed E-state index contributed by atoms with van der Waals surface area (Å²) in [6.45, 7) is 5.35. The highest BCUT2D eigenvalue weighted by Crippen LogP contribution is 2.68. The van der Waals surface area contributed by atoms with Gasteiger partial charge < -0.3 is 20.6 Å². The van der Waals surface area contributed by atoms with Crippen LogP contribution in [0.5, 0.6) is 0 Å². The molecule has 7 nitrogen and oxygen atoms in total. The number of amides is 3. The second-order valence-corrected chi connectivity index (χ2v) is 12.8. The van der Waals surface area contributed by atoms with Gasteiger partial charge in [-0.3, -0.25) is 14.4 Å². The third kappa shape index (κ3) is 3.87. The summed E-state index contributed by atoms with van der Waals surface area (Å²) in [6.07, 6.45) is 0.591. The van der Waals surface area contributed by atoms with E-state index in [2.05, 4.69) is 26.6 Å². The zero-order valence-electron chi connectivity index (χ0n) is 20.4.